The fourth-order valence-corrected chi connectivity index (χ4v) is 3.68. The fourth-order valence-electron chi connectivity index (χ4n) is 3.68. The Kier molecular flexibility index (Phi) is 4.10. The molecule has 3 rings (SSSR count). The van der Waals surface area contributed by atoms with Gasteiger partial charge in [-0.2, -0.15) is 0 Å². The summed E-state index contributed by atoms with van der Waals surface area (Å²) in [5.41, 5.74) is 0.406. The van der Waals surface area contributed by atoms with E-state index in [2.05, 4.69) is 17.0 Å². The van der Waals surface area contributed by atoms with Crippen molar-refractivity contribution in [3.63, 3.8) is 0 Å². The van der Waals surface area contributed by atoms with Crippen molar-refractivity contribution in [2.45, 2.75) is 50.9 Å². The number of benzene rings is 1. The molecular weight excluding hydrogens is 292 g/mol. The van der Waals surface area contributed by atoms with E-state index in [0.29, 0.717) is 6.54 Å². The van der Waals surface area contributed by atoms with Crippen molar-refractivity contribution in [1.29, 1.82) is 0 Å². The standard InChI is InChI=1S/C18H26N2O3/c1-17(2,3)23-16(22)20-12-18(13-21)9-15(20)11-19(18)10-14-7-5-4-6-8-14/h4-8,15,21H,9-13H2,1-3H3/t15-,18-/m0/s1. The zero-order chi connectivity index (χ0) is 16.7. The third-order valence-corrected chi connectivity index (χ3v) is 4.76. The van der Waals surface area contributed by atoms with Gasteiger partial charge in [0.25, 0.3) is 0 Å². The monoisotopic (exact) mass is 318 g/mol. The lowest BCUT2D eigenvalue weighted by atomic mass is 9.99. The average molecular weight is 318 g/mol. The van der Waals surface area contributed by atoms with Crippen LogP contribution in [0.15, 0.2) is 30.3 Å². The SMILES string of the molecule is CC(C)(C)OC(=O)N1C[C@]2(CO)C[C@H]1CN2Cc1ccccc1. The van der Waals surface area contributed by atoms with Gasteiger partial charge in [-0.1, -0.05) is 30.3 Å². The number of hydrogen-bond acceptors (Lipinski definition) is 4. The zero-order valence-corrected chi connectivity index (χ0v) is 14.2. The number of rotatable bonds is 3. The van der Waals surface area contributed by atoms with E-state index >= 15 is 0 Å². The Bertz CT molecular complexity index is 569. The van der Waals surface area contributed by atoms with Gasteiger partial charge >= 0.3 is 6.09 Å². The zero-order valence-electron chi connectivity index (χ0n) is 14.2. The summed E-state index contributed by atoms with van der Waals surface area (Å²) in [7, 11) is 0. The Morgan fingerprint density at radius 3 is 2.65 bits per heavy atom. The molecule has 2 aliphatic rings. The van der Waals surface area contributed by atoms with Crippen LogP contribution in [0.1, 0.15) is 32.8 Å². The van der Waals surface area contributed by atoms with Gasteiger partial charge in [0.05, 0.1) is 12.1 Å². The maximum Gasteiger partial charge on any atom is 0.410 e. The molecule has 0 aliphatic carbocycles. The van der Waals surface area contributed by atoms with Gasteiger partial charge in [-0.05, 0) is 32.8 Å². The smallest absolute Gasteiger partial charge is 0.410 e. The first-order chi connectivity index (χ1) is 10.8. The van der Waals surface area contributed by atoms with Crippen molar-refractivity contribution in [1.82, 2.24) is 9.80 Å². The van der Waals surface area contributed by atoms with E-state index in [4.69, 9.17) is 4.74 Å². The summed E-state index contributed by atoms with van der Waals surface area (Å²) in [6.45, 7) is 7.83. The number of fused-ring (bicyclic) bond motifs is 2. The summed E-state index contributed by atoms with van der Waals surface area (Å²) in [6, 6.07) is 10.4. The second-order valence-electron chi connectivity index (χ2n) is 7.71. The maximum absolute atomic E-state index is 12.4. The van der Waals surface area contributed by atoms with Gasteiger partial charge in [-0.25, -0.2) is 4.79 Å². The third-order valence-electron chi connectivity index (χ3n) is 4.76. The van der Waals surface area contributed by atoms with Gasteiger partial charge < -0.3 is 14.7 Å². The lowest BCUT2D eigenvalue weighted by molar-refractivity contribution is -0.00969. The molecule has 0 saturated carbocycles. The molecule has 23 heavy (non-hydrogen) atoms. The van der Waals surface area contributed by atoms with Crippen molar-refractivity contribution in [3.05, 3.63) is 35.9 Å². The van der Waals surface area contributed by atoms with Crippen LogP contribution in [0.25, 0.3) is 0 Å². The summed E-state index contributed by atoms with van der Waals surface area (Å²) >= 11 is 0. The van der Waals surface area contributed by atoms with E-state index in [1.54, 1.807) is 4.90 Å². The Balaban J connectivity index is 1.70. The van der Waals surface area contributed by atoms with Gasteiger partial charge in [0.2, 0.25) is 0 Å². The van der Waals surface area contributed by atoms with Gasteiger partial charge in [-0.3, -0.25) is 4.90 Å². The first kappa shape index (κ1) is 16.3. The van der Waals surface area contributed by atoms with Crippen molar-refractivity contribution in [2.24, 2.45) is 0 Å². The lowest BCUT2D eigenvalue weighted by Crippen LogP contribution is -2.57. The summed E-state index contributed by atoms with van der Waals surface area (Å²) in [5.74, 6) is 0. The molecule has 1 N–H and O–H groups in total. The van der Waals surface area contributed by atoms with Crippen LogP contribution in [-0.2, 0) is 11.3 Å². The minimum Gasteiger partial charge on any atom is -0.444 e. The molecule has 0 radical (unpaired) electrons. The summed E-state index contributed by atoms with van der Waals surface area (Å²) in [5, 5.41) is 10.0. The molecule has 2 atom stereocenters. The van der Waals surface area contributed by atoms with Crippen LogP contribution < -0.4 is 0 Å². The van der Waals surface area contributed by atoms with Gasteiger partial charge in [0.15, 0.2) is 0 Å². The highest BCUT2D eigenvalue weighted by molar-refractivity contribution is 5.69. The number of aliphatic hydroxyl groups is 1. The summed E-state index contributed by atoms with van der Waals surface area (Å²) in [6.07, 6.45) is 0.549. The predicted molar refractivity (Wildman–Crippen MR) is 88.0 cm³/mol. The van der Waals surface area contributed by atoms with Gasteiger partial charge in [0.1, 0.15) is 5.60 Å². The number of nitrogens with zero attached hydrogens (tertiary/aromatic N) is 2. The molecule has 2 heterocycles. The molecule has 2 saturated heterocycles. The second kappa shape index (κ2) is 5.80. The highest BCUT2D eigenvalue weighted by Gasteiger charge is 2.56. The van der Waals surface area contributed by atoms with Crippen LogP contribution >= 0.6 is 0 Å². The molecule has 2 aliphatic heterocycles. The van der Waals surface area contributed by atoms with Crippen LogP contribution in [0.2, 0.25) is 0 Å². The number of carbonyl (C=O) groups excluding carboxylic acids is 1. The Hall–Kier alpha value is -1.59. The second-order valence-corrected chi connectivity index (χ2v) is 7.71. The largest absolute Gasteiger partial charge is 0.444 e. The highest BCUT2D eigenvalue weighted by Crippen LogP contribution is 2.41. The number of aliphatic hydroxyl groups excluding tert-OH is 1. The number of amides is 1. The molecule has 1 amide bonds. The normalized spacial score (nSPS) is 27.5. The van der Waals surface area contributed by atoms with E-state index in [-0.39, 0.29) is 24.3 Å². The van der Waals surface area contributed by atoms with E-state index in [1.807, 2.05) is 39.0 Å². The Labute approximate surface area is 137 Å². The van der Waals surface area contributed by atoms with Crippen molar-refractivity contribution >= 4 is 6.09 Å². The number of piperazine rings is 1. The molecule has 2 bridgehead atoms. The van der Waals surface area contributed by atoms with Crippen molar-refractivity contribution in [2.75, 3.05) is 19.7 Å². The van der Waals surface area contributed by atoms with Crippen LogP contribution in [-0.4, -0.2) is 57.9 Å². The molecular formula is C18H26N2O3. The minimum absolute atomic E-state index is 0.0651. The highest BCUT2D eigenvalue weighted by atomic mass is 16.6. The van der Waals surface area contributed by atoms with E-state index in [0.717, 1.165) is 19.5 Å². The molecule has 5 heteroatoms. The Morgan fingerprint density at radius 1 is 1.35 bits per heavy atom. The van der Waals surface area contributed by atoms with Crippen LogP contribution in [0.4, 0.5) is 4.79 Å². The Morgan fingerprint density at radius 2 is 2.04 bits per heavy atom. The van der Waals surface area contributed by atoms with Crippen molar-refractivity contribution in [3.8, 4) is 0 Å². The maximum atomic E-state index is 12.4. The topological polar surface area (TPSA) is 53.0 Å². The van der Waals surface area contributed by atoms with E-state index in [1.165, 1.54) is 5.56 Å². The van der Waals surface area contributed by atoms with Gasteiger partial charge in [-0.15, -0.1) is 0 Å². The first-order valence-electron chi connectivity index (χ1n) is 8.22. The van der Waals surface area contributed by atoms with E-state index in [9.17, 15) is 9.90 Å². The van der Waals surface area contributed by atoms with E-state index < -0.39 is 5.60 Å². The average Bonchev–Trinajstić information content (AvgIpc) is 3.02. The number of ether oxygens (including phenoxy) is 1. The predicted octanol–water partition coefficient (Wildman–Crippen LogP) is 2.24. The fraction of sp³-hybridized carbons (Fsp3) is 0.611. The summed E-state index contributed by atoms with van der Waals surface area (Å²) in [4.78, 5) is 16.5. The van der Waals surface area contributed by atoms with Crippen LogP contribution in [0.5, 0.6) is 0 Å². The number of likely N-dealkylation sites (tertiary alicyclic amines) is 2. The molecule has 1 aromatic rings. The third kappa shape index (κ3) is 3.21. The van der Waals surface area contributed by atoms with Crippen molar-refractivity contribution < 1.29 is 14.6 Å². The number of hydrogen-bond donors (Lipinski definition) is 1. The molecule has 5 nitrogen and oxygen atoms in total. The molecule has 126 valence electrons. The molecule has 0 unspecified atom stereocenters. The number of carbonyl (C=O) groups is 1. The lowest BCUT2D eigenvalue weighted by Gasteiger charge is -2.41. The first-order valence-corrected chi connectivity index (χ1v) is 8.22. The molecule has 1 aromatic carbocycles. The molecule has 2 fully saturated rings. The minimum atomic E-state index is -0.491. The van der Waals surface area contributed by atoms with Gasteiger partial charge in [0, 0.05) is 25.7 Å². The molecule has 0 aromatic heterocycles. The summed E-state index contributed by atoms with van der Waals surface area (Å²) < 4.78 is 5.50. The molecule has 0 spiro atoms. The quantitative estimate of drug-likeness (QED) is 0.929. The van der Waals surface area contributed by atoms with Crippen LogP contribution in [0.3, 0.4) is 0 Å². The van der Waals surface area contributed by atoms with Crippen LogP contribution in [0, 0.1) is 0 Å².